The number of hydrogen-bond acceptors (Lipinski definition) is 2. The van der Waals surface area contributed by atoms with E-state index >= 15 is 0 Å². The van der Waals surface area contributed by atoms with Gasteiger partial charge in [-0.3, -0.25) is 9.48 Å². The van der Waals surface area contributed by atoms with Gasteiger partial charge in [0.1, 0.15) is 0 Å². The van der Waals surface area contributed by atoms with Crippen LogP contribution < -0.4 is 5.32 Å². The van der Waals surface area contributed by atoms with Crippen LogP contribution in [0.2, 0.25) is 0 Å². The van der Waals surface area contributed by atoms with Crippen LogP contribution in [0.15, 0.2) is 0 Å². The monoisotopic (exact) mass is 381 g/mol. The van der Waals surface area contributed by atoms with E-state index in [-0.39, 0.29) is 5.91 Å². The van der Waals surface area contributed by atoms with Crippen molar-refractivity contribution in [3.05, 3.63) is 17.0 Å². The first-order chi connectivity index (χ1) is 13.8. The largest absolute Gasteiger partial charge is 0.347 e. The van der Waals surface area contributed by atoms with Gasteiger partial charge in [-0.2, -0.15) is 5.10 Å². The molecule has 1 amide bonds. The van der Waals surface area contributed by atoms with Crippen LogP contribution in [0.25, 0.3) is 0 Å². The van der Waals surface area contributed by atoms with E-state index < -0.39 is 0 Å². The molecule has 5 saturated carbocycles. The Labute approximate surface area is 168 Å². The lowest BCUT2D eigenvalue weighted by Gasteiger charge is -2.54. The summed E-state index contributed by atoms with van der Waals surface area (Å²) >= 11 is 0. The van der Waals surface area contributed by atoms with Crippen molar-refractivity contribution < 1.29 is 4.79 Å². The highest BCUT2D eigenvalue weighted by Gasteiger charge is 2.49. The summed E-state index contributed by atoms with van der Waals surface area (Å²) in [5, 5.41) is 8.53. The van der Waals surface area contributed by atoms with Crippen LogP contribution in [0.1, 0.15) is 105 Å². The molecule has 0 atom stereocenters. The number of carbonyl (C=O) groups is 1. The van der Waals surface area contributed by atoms with E-state index in [2.05, 4.69) is 10.00 Å². The molecular weight excluding hydrogens is 346 g/mol. The number of carbonyl (C=O) groups excluding carboxylic acids is 1. The van der Waals surface area contributed by atoms with E-state index in [1.165, 1.54) is 88.3 Å². The predicted molar refractivity (Wildman–Crippen MR) is 109 cm³/mol. The average Bonchev–Trinajstić information content (AvgIpc) is 3.11. The second-order valence-electron chi connectivity index (χ2n) is 10.6. The summed E-state index contributed by atoms with van der Waals surface area (Å²) in [4.78, 5) is 13.4. The summed E-state index contributed by atoms with van der Waals surface area (Å²) in [5.74, 6) is 3.51. The Hall–Kier alpha value is -1.32. The van der Waals surface area contributed by atoms with Gasteiger partial charge in [0.2, 0.25) is 0 Å². The molecular formula is C24H35N3O. The van der Waals surface area contributed by atoms with Gasteiger partial charge in [-0.1, -0.05) is 19.3 Å². The fourth-order valence-corrected chi connectivity index (χ4v) is 7.82. The molecule has 0 saturated heterocycles. The summed E-state index contributed by atoms with van der Waals surface area (Å²) in [7, 11) is 0. The van der Waals surface area contributed by atoms with Crippen LogP contribution in [0.5, 0.6) is 0 Å². The van der Waals surface area contributed by atoms with Gasteiger partial charge in [-0.15, -0.1) is 0 Å². The Bertz CT molecular complexity index is 732. The highest BCUT2D eigenvalue weighted by molar-refractivity contribution is 5.94. The van der Waals surface area contributed by atoms with Gasteiger partial charge in [-0.05, 0) is 94.3 Å². The van der Waals surface area contributed by atoms with Crippen molar-refractivity contribution in [2.75, 3.05) is 0 Å². The molecule has 1 aromatic heterocycles. The topological polar surface area (TPSA) is 46.9 Å². The van der Waals surface area contributed by atoms with E-state index in [0.717, 1.165) is 42.2 Å². The molecule has 0 aromatic carbocycles. The highest BCUT2D eigenvalue weighted by Crippen LogP contribution is 2.53. The maximum absolute atomic E-state index is 13.4. The van der Waals surface area contributed by atoms with E-state index in [9.17, 15) is 4.79 Å². The fraction of sp³-hybridized carbons (Fsp3) is 0.833. The first-order valence-corrected chi connectivity index (χ1v) is 12.2. The number of nitrogens with one attached hydrogen (secondary N) is 1. The molecule has 6 aliphatic carbocycles. The summed E-state index contributed by atoms with van der Waals surface area (Å²) in [6.07, 6.45) is 18.0. The third-order valence-electron chi connectivity index (χ3n) is 8.87. The van der Waals surface area contributed by atoms with Crippen molar-refractivity contribution in [1.82, 2.24) is 15.1 Å². The normalized spacial score (nSPS) is 37.1. The van der Waals surface area contributed by atoms with E-state index in [1.807, 2.05) is 0 Å². The minimum absolute atomic E-state index is 0.144. The number of hydrogen-bond donors (Lipinski definition) is 1. The molecule has 0 aliphatic heterocycles. The number of nitrogens with zero attached hydrogens (tertiary/aromatic N) is 2. The highest BCUT2D eigenvalue weighted by atomic mass is 16.2. The standard InChI is InChI=1S/C24H35N3O/c28-24(25-22-17-11-15-10-16(13-17)14-18(22)12-15)23-20-8-4-5-9-21(20)27(26-23)19-6-2-1-3-7-19/h15-19,22H,1-14H2,(H,25,28). The van der Waals surface area contributed by atoms with Crippen LogP contribution in [-0.4, -0.2) is 21.7 Å². The minimum Gasteiger partial charge on any atom is -0.347 e. The van der Waals surface area contributed by atoms with Crippen molar-refractivity contribution in [3.63, 3.8) is 0 Å². The predicted octanol–water partition coefficient (Wildman–Crippen LogP) is 4.82. The lowest BCUT2D eigenvalue weighted by atomic mass is 9.54. The molecule has 28 heavy (non-hydrogen) atoms. The van der Waals surface area contributed by atoms with Crippen LogP contribution >= 0.6 is 0 Å². The third kappa shape index (κ3) is 2.85. The summed E-state index contributed by atoms with van der Waals surface area (Å²) < 4.78 is 2.31. The molecule has 0 spiro atoms. The zero-order valence-electron chi connectivity index (χ0n) is 17.2. The summed E-state index contributed by atoms with van der Waals surface area (Å²) in [6.45, 7) is 0. The molecule has 6 aliphatic rings. The minimum atomic E-state index is 0.144. The SMILES string of the molecule is O=C(NC1C2CC3CC(C2)CC1C3)c1nn(C2CCCCC2)c2c1CCCC2. The van der Waals surface area contributed by atoms with Crippen molar-refractivity contribution in [2.24, 2.45) is 23.7 Å². The molecule has 7 rings (SSSR count). The average molecular weight is 382 g/mol. The molecule has 4 heteroatoms. The van der Waals surface area contributed by atoms with Crippen LogP contribution in [0, 0.1) is 23.7 Å². The number of rotatable bonds is 3. The van der Waals surface area contributed by atoms with Gasteiger partial charge in [0.15, 0.2) is 5.69 Å². The third-order valence-corrected chi connectivity index (χ3v) is 8.87. The Morgan fingerprint density at radius 1 is 0.857 bits per heavy atom. The molecule has 4 bridgehead atoms. The zero-order chi connectivity index (χ0) is 18.7. The lowest BCUT2D eigenvalue weighted by Crippen LogP contribution is -2.56. The molecule has 0 unspecified atom stereocenters. The lowest BCUT2D eigenvalue weighted by molar-refractivity contribution is -0.0120. The Kier molecular flexibility index (Phi) is 4.31. The number of fused-ring (bicyclic) bond motifs is 1. The molecule has 1 N–H and O–H groups in total. The van der Waals surface area contributed by atoms with Crippen LogP contribution in [0.4, 0.5) is 0 Å². The van der Waals surface area contributed by atoms with Crippen molar-refractivity contribution in [2.45, 2.75) is 102 Å². The van der Waals surface area contributed by atoms with Crippen LogP contribution in [-0.2, 0) is 12.8 Å². The van der Waals surface area contributed by atoms with Gasteiger partial charge in [0, 0.05) is 17.3 Å². The summed E-state index contributed by atoms with van der Waals surface area (Å²) in [6, 6.07) is 0.947. The van der Waals surface area contributed by atoms with Gasteiger partial charge in [0.25, 0.3) is 5.91 Å². The van der Waals surface area contributed by atoms with Crippen molar-refractivity contribution >= 4 is 5.91 Å². The van der Waals surface area contributed by atoms with Crippen LogP contribution in [0.3, 0.4) is 0 Å². The maximum Gasteiger partial charge on any atom is 0.272 e. The van der Waals surface area contributed by atoms with Gasteiger partial charge in [-0.25, -0.2) is 0 Å². The first kappa shape index (κ1) is 17.5. The quantitative estimate of drug-likeness (QED) is 0.816. The second kappa shape index (κ2) is 6.88. The zero-order valence-corrected chi connectivity index (χ0v) is 17.2. The van der Waals surface area contributed by atoms with E-state index in [1.54, 1.807) is 0 Å². The Balaban J connectivity index is 1.26. The molecule has 1 aromatic rings. The molecule has 1 heterocycles. The maximum atomic E-state index is 13.4. The van der Waals surface area contributed by atoms with Gasteiger partial charge in [0.05, 0.1) is 6.04 Å². The molecule has 5 fully saturated rings. The van der Waals surface area contributed by atoms with Crippen molar-refractivity contribution in [3.8, 4) is 0 Å². The van der Waals surface area contributed by atoms with E-state index in [0.29, 0.717) is 12.1 Å². The first-order valence-electron chi connectivity index (χ1n) is 12.2. The molecule has 4 nitrogen and oxygen atoms in total. The van der Waals surface area contributed by atoms with E-state index in [4.69, 9.17) is 5.10 Å². The smallest absolute Gasteiger partial charge is 0.272 e. The molecule has 0 radical (unpaired) electrons. The fourth-order valence-electron chi connectivity index (χ4n) is 7.82. The Morgan fingerprint density at radius 3 is 2.25 bits per heavy atom. The number of aromatic nitrogens is 2. The number of amides is 1. The summed E-state index contributed by atoms with van der Waals surface area (Å²) in [5.41, 5.74) is 3.47. The van der Waals surface area contributed by atoms with Gasteiger partial charge >= 0.3 is 0 Å². The Morgan fingerprint density at radius 2 is 1.54 bits per heavy atom. The second-order valence-corrected chi connectivity index (χ2v) is 10.6. The van der Waals surface area contributed by atoms with Crippen molar-refractivity contribution in [1.29, 1.82) is 0 Å². The van der Waals surface area contributed by atoms with Gasteiger partial charge < -0.3 is 5.32 Å². The molecule has 152 valence electrons.